The van der Waals surface area contributed by atoms with Crippen LogP contribution in [-0.4, -0.2) is 81.3 Å². The van der Waals surface area contributed by atoms with Crippen LogP contribution in [0.2, 0.25) is 0 Å². The summed E-state index contributed by atoms with van der Waals surface area (Å²) in [4.78, 5) is 14.6. The summed E-state index contributed by atoms with van der Waals surface area (Å²) < 4.78 is 52.5. The summed E-state index contributed by atoms with van der Waals surface area (Å²) in [6.45, 7) is 3.52. The topological polar surface area (TPSA) is 95.1 Å². The molecule has 2 saturated heterocycles. The number of carbonyl (C=O) groups is 1. The van der Waals surface area contributed by atoms with E-state index in [0.717, 1.165) is 0 Å². The zero-order valence-electron chi connectivity index (χ0n) is 15.3. The summed E-state index contributed by atoms with van der Waals surface area (Å²) in [6, 6.07) is 3.28. The van der Waals surface area contributed by atoms with Crippen LogP contribution >= 0.6 is 11.3 Å². The van der Waals surface area contributed by atoms with Crippen molar-refractivity contribution < 1.29 is 21.6 Å². The SMILES string of the molecule is CCS(=O)(=O)N1CCN(C(=O)C2CCCN(S(=O)(=O)c3cccs3)C2)CC1. The van der Waals surface area contributed by atoms with Gasteiger partial charge < -0.3 is 4.90 Å². The molecular weight excluding hydrogens is 410 g/mol. The quantitative estimate of drug-likeness (QED) is 0.677. The fraction of sp³-hybridized carbons (Fsp3) is 0.688. The van der Waals surface area contributed by atoms with Gasteiger partial charge in [0.2, 0.25) is 15.9 Å². The maximum Gasteiger partial charge on any atom is 0.252 e. The maximum atomic E-state index is 12.9. The molecule has 2 aliphatic heterocycles. The molecule has 152 valence electrons. The number of thiophene rings is 1. The smallest absolute Gasteiger partial charge is 0.252 e. The van der Waals surface area contributed by atoms with Crippen LogP contribution in [0, 0.1) is 5.92 Å². The molecule has 0 bridgehead atoms. The van der Waals surface area contributed by atoms with Crippen molar-refractivity contribution in [3.8, 4) is 0 Å². The lowest BCUT2D eigenvalue weighted by Gasteiger charge is -2.38. The van der Waals surface area contributed by atoms with Crippen LogP contribution in [0.15, 0.2) is 21.7 Å². The molecule has 0 N–H and O–H groups in total. The number of hydrogen-bond acceptors (Lipinski definition) is 6. The molecule has 1 aromatic heterocycles. The van der Waals surface area contributed by atoms with Crippen molar-refractivity contribution in [1.82, 2.24) is 13.5 Å². The molecule has 0 aliphatic carbocycles. The number of amides is 1. The van der Waals surface area contributed by atoms with Gasteiger partial charge in [0.15, 0.2) is 0 Å². The summed E-state index contributed by atoms with van der Waals surface area (Å²) >= 11 is 1.18. The second-order valence-corrected chi connectivity index (χ2v) is 12.1. The van der Waals surface area contributed by atoms with Crippen LogP contribution in [0.25, 0.3) is 0 Å². The number of piperazine rings is 1. The van der Waals surface area contributed by atoms with Gasteiger partial charge in [-0.1, -0.05) is 6.07 Å². The Morgan fingerprint density at radius 3 is 2.41 bits per heavy atom. The van der Waals surface area contributed by atoms with E-state index in [1.54, 1.807) is 29.3 Å². The standard InChI is InChI=1S/C16H25N3O5S3/c1-2-26(21,22)18-10-8-17(9-11-18)16(20)14-5-3-7-19(13-14)27(23,24)15-6-4-12-25-15/h4,6,12,14H,2-3,5,7-11,13H2,1H3. The minimum atomic E-state index is -3.55. The minimum Gasteiger partial charge on any atom is -0.340 e. The predicted octanol–water partition coefficient (Wildman–Crippen LogP) is 0.643. The van der Waals surface area contributed by atoms with Gasteiger partial charge >= 0.3 is 0 Å². The van der Waals surface area contributed by atoms with Gasteiger partial charge in [-0.2, -0.15) is 8.61 Å². The summed E-state index contributed by atoms with van der Waals surface area (Å²) in [5.74, 6) is -0.392. The third-order valence-corrected chi connectivity index (χ3v) is 10.3. The van der Waals surface area contributed by atoms with Crippen LogP contribution < -0.4 is 0 Å². The molecule has 3 heterocycles. The Hall–Kier alpha value is -1.01. The second kappa shape index (κ2) is 8.16. The lowest BCUT2D eigenvalue weighted by atomic mass is 9.98. The number of carbonyl (C=O) groups excluding carboxylic acids is 1. The lowest BCUT2D eigenvalue weighted by molar-refractivity contribution is -0.137. The van der Waals surface area contributed by atoms with E-state index in [-0.39, 0.29) is 24.1 Å². The first-order chi connectivity index (χ1) is 12.8. The highest BCUT2D eigenvalue weighted by Gasteiger charge is 2.37. The van der Waals surface area contributed by atoms with E-state index in [4.69, 9.17) is 0 Å². The van der Waals surface area contributed by atoms with Crippen LogP contribution in [0.5, 0.6) is 0 Å². The predicted molar refractivity (Wildman–Crippen MR) is 103 cm³/mol. The van der Waals surface area contributed by atoms with Gasteiger partial charge in [-0.05, 0) is 31.2 Å². The van der Waals surface area contributed by atoms with Gasteiger partial charge in [0.25, 0.3) is 10.0 Å². The normalized spacial score (nSPS) is 23.4. The zero-order chi connectivity index (χ0) is 19.7. The molecule has 3 rings (SSSR count). The molecule has 1 unspecified atom stereocenters. The number of hydrogen-bond donors (Lipinski definition) is 0. The van der Waals surface area contributed by atoms with E-state index >= 15 is 0 Å². The lowest BCUT2D eigenvalue weighted by Crippen LogP contribution is -2.54. The van der Waals surface area contributed by atoms with Crippen molar-refractivity contribution >= 4 is 37.3 Å². The van der Waals surface area contributed by atoms with Gasteiger partial charge in [0.05, 0.1) is 11.7 Å². The second-order valence-electron chi connectivity index (χ2n) is 6.76. The molecule has 0 aromatic carbocycles. The van der Waals surface area contributed by atoms with Gasteiger partial charge in [-0.15, -0.1) is 11.3 Å². The Morgan fingerprint density at radius 1 is 1.11 bits per heavy atom. The maximum absolute atomic E-state index is 12.9. The van der Waals surface area contributed by atoms with Crippen LogP contribution in [0.1, 0.15) is 19.8 Å². The third-order valence-electron chi connectivity index (χ3n) is 5.13. The molecule has 1 atom stereocenters. The highest BCUT2D eigenvalue weighted by molar-refractivity contribution is 7.91. The highest BCUT2D eigenvalue weighted by Crippen LogP contribution is 2.27. The molecule has 11 heteroatoms. The zero-order valence-corrected chi connectivity index (χ0v) is 17.7. The largest absolute Gasteiger partial charge is 0.340 e. The van der Waals surface area contributed by atoms with Crippen molar-refractivity contribution in [2.75, 3.05) is 45.0 Å². The molecule has 0 saturated carbocycles. The number of sulfonamides is 2. The van der Waals surface area contributed by atoms with E-state index in [9.17, 15) is 21.6 Å². The molecule has 1 amide bonds. The fourth-order valence-electron chi connectivity index (χ4n) is 3.53. The Bertz CT molecular complexity index is 859. The first kappa shape index (κ1) is 20.7. The number of rotatable bonds is 5. The van der Waals surface area contributed by atoms with Crippen molar-refractivity contribution in [2.24, 2.45) is 5.92 Å². The van der Waals surface area contributed by atoms with Gasteiger partial charge in [0, 0.05) is 39.3 Å². The Labute approximate surface area is 164 Å². The third kappa shape index (κ3) is 4.37. The van der Waals surface area contributed by atoms with Gasteiger partial charge in [-0.25, -0.2) is 16.8 Å². The molecule has 27 heavy (non-hydrogen) atoms. The Balaban J connectivity index is 1.63. The van der Waals surface area contributed by atoms with Gasteiger partial charge in [-0.3, -0.25) is 4.79 Å². The average Bonchev–Trinajstić information content (AvgIpc) is 3.23. The first-order valence-electron chi connectivity index (χ1n) is 9.06. The van der Waals surface area contributed by atoms with Crippen molar-refractivity contribution in [2.45, 2.75) is 24.0 Å². The summed E-state index contributed by atoms with van der Waals surface area (Å²) in [6.07, 6.45) is 1.30. The van der Waals surface area contributed by atoms with Crippen molar-refractivity contribution in [1.29, 1.82) is 0 Å². The number of nitrogens with zero attached hydrogens (tertiary/aromatic N) is 3. The van der Waals surface area contributed by atoms with Crippen LogP contribution in [-0.2, 0) is 24.8 Å². The fourth-order valence-corrected chi connectivity index (χ4v) is 7.28. The minimum absolute atomic E-state index is 0.0547. The highest BCUT2D eigenvalue weighted by atomic mass is 32.2. The Morgan fingerprint density at radius 2 is 1.81 bits per heavy atom. The van der Waals surface area contributed by atoms with Crippen molar-refractivity contribution in [3.63, 3.8) is 0 Å². The molecule has 0 spiro atoms. The molecule has 8 nitrogen and oxygen atoms in total. The molecule has 1 aromatic rings. The summed E-state index contributed by atoms with van der Waals surface area (Å²) in [5.41, 5.74) is 0. The van der Waals surface area contributed by atoms with E-state index < -0.39 is 20.0 Å². The van der Waals surface area contributed by atoms with Gasteiger partial charge in [0.1, 0.15) is 4.21 Å². The summed E-state index contributed by atoms with van der Waals surface area (Å²) in [5, 5.41) is 1.73. The molecular formula is C16H25N3O5S3. The van der Waals surface area contributed by atoms with E-state index in [0.29, 0.717) is 49.8 Å². The first-order valence-corrected chi connectivity index (χ1v) is 13.0. The van der Waals surface area contributed by atoms with Crippen LogP contribution in [0.3, 0.4) is 0 Å². The van der Waals surface area contributed by atoms with Crippen molar-refractivity contribution in [3.05, 3.63) is 17.5 Å². The molecule has 2 fully saturated rings. The van der Waals surface area contributed by atoms with E-state index in [2.05, 4.69) is 0 Å². The summed E-state index contributed by atoms with van der Waals surface area (Å²) in [7, 11) is -6.79. The Kier molecular flexibility index (Phi) is 6.26. The monoisotopic (exact) mass is 435 g/mol. The molecule has 2 aliphatic rings. The van der Waals surface area contributed by atoms with E-state index in [1.165, 1.54) is 19.9 Å². The van der Waals surface area contributed by atoms with Crippen LogP contribution in [0.4, 0.5) is 0 Å². The average molecular weight is 436 g/mol. The number of piperidine rings is 1. The van der Waals surface area contributed by atoms with E-state index in [1.807, 2.05) is 0 Å². The molecule has 0 radical (unpaired) electrons.